The highest BCUT2D eigenvalue weighted by atomic mass is 35.7. The van der Waals surface area contributed by atoms with Gasteiger partial charge in [-0.25, -0.2) is 8.42 Å². The highest BCUT2D eigenvalue weighted by Gasteiger charge is 2.52. The van der Waals surface area contributed by atoms with Crippen LogP contribution in [0, 0.1) is 0 Å². The molecule has 0 aromatic rings. The van der Waals surface area contributed by atoms with Crippen LogP contribution in [0.25, 0.3) is 0 Å². The van der Waals surface area contributed by atoms with Crippen molar-refractivity contribution in [3.8, 4) is 0 Å². The van der Waals surface area contributed by atoms with Gasteiger partial charge in [-0.05, 0) is 19.3 Å². The Labute approximate surface area is 69.9 Å². The zero-order valence-corrected chi connectivity index (χ0v) is 7.64. The molecule has 5 heteroatoms. The minimum atomic E-state index is -3.37. The van der Waals surface area contributed by atoms with E-state index in [4.69, 9.17) is 22.3 Å². The summed E-state index contributed by atoms with van der Waals surface area (Å²) >= 11 is 5.41. The highest BCUT2D eigenvalue weighted by molar-refractivity contribution is 8.15. The lowest BCUT2D eigenvalue weighted by atomic mass is 10.3. The maximum absolute atomic E-state index is 10.8. The highest BCUT2D eigenvalue weighted by Crippen LogP contribution is 2.48. The van der Waals surface area contributed by atoms with E-state index in [1.807, 2.05) is 0 Å². The zero-order chi connectivity index (χ0) is 7.83. The molecule has 1 rings (SSSR count). The molecule has 2 nitrogen and oxygen atoms in total. The second-order valence-electron chi connectivity index (χ2n) is 2.56. The van der Waals surface area contributed by atoms with E-state index < -0.39 is 13.8 Å². The second kappa shape index (κ2) is 2.54. The van der Waals surface area contributed by atoms with E-state index in [0.29, 0.717) is 25.1 Å². The molecule has 0 saturated heterocycles. The van der Waals surface area contributed by atoms with Gasteiger partial charge in [-0.3, -0.25) is 0 Å². The predicted octanol–water partition coefficient (Wildman–Crippen LogP) is 1.72. The normalized spacial score (nSPS) is 22.6. The molecule has 1 aliphatic rings. The Morgan fingerprint density at radius 3 is 2.00 bits per heavy atom. The molecular weight excluding hydrogens is 195 g/mol. The maximum Gasteiger partial charge on any atom is 0.238 e. The average molecular weight is 203 g/mol. The van der Waals surface area contributed by atoms with Gasteiger partial charge in [0.1, 0.15) is 0 Å². The molecule has 0 heterocycles. The lowest BCUT2D eigenvalue weighted by Crippen LogP contribution is -2.17. The second-order valence-corrected chi connectivity index (χ2v) is 5.90. The monoisotopic (exact) mass is 202 g/mol. The Kier molecular flexibility index (Phi) is 2.19. The van der Waals surface area contributed by atoms with E-state index in [9.17, 15) is 8.42 Å². The molecule has 0 atom stereocenters. The predicted molar refractivity (Wildman–Crippen MR) is 42.1 cm³/mol. The summed E-state index contributed by atoms with van der Waals surface area (Å²) < 4.78 is 21.0. The van der Waals surface area contributed by atoms with E-state index in [2.05, 4.69) is 0 Å². The molecule has 1 aliphatic carbocycles. The lowest BCUT2D eigenvalue weighted by Gasteiger charge is -2.06. The summed E-state index contributed by atoms with van der Waals surface area (Å²) in [6, 6.07) is 0. The SMILES string of the molecule is O=S(=O)(Cl)C1(CCCl)CC1. The van der Waals surface area contributed by atoms with E-state index in [1.54, 1.807) is 0 Å². The first kappa shape index (κ1) is 8.62. The number of hydrogen-bond acceptors (Lipinski definition) is 2. The van der Waals surface area contributed by atoms with E-state index in [-0.39, 0.29) is 0 Å². The molecule has 0 unspecified atom stereocenters. The number of alkyl halides is 1. The summed E-state index contributed by atoms with van der Waals surface area (Å²) in [7, 11) is 1.81. The van der Waals surface area contributed by atoms with Crippen LogP contribution in [-0.4, -0.2) is 19.0 Å². The molecule has 1 saturated carbocycles. The average Bonchev–Trinajstić information content (AvgIpc) is 2.45. The van der Waals surface area contributed by atoms with Gasteiger partial charge in [0.05, 0.1) is 4.75 Å². The van der Waals surface area contributed by atoms with Crippen LogP contribution in [-0.2, 0) is 9.05 Å². The van der Waals surface area contributed by atoms with Gasteiger partial charge in [0.2, 0.25) is 9.05 Å². The van der Waals surface area contributed by atoms with Gasteiger partial charge < -0.3 is 0 Å². The van der Waals surface area contributed by atoms with Crippen LogP contribution in [0.5, 0.6) is 0 Å². The molecule has 10 heavy (non-hydrogen) atoms. The van der Waals surface area contributed by atoms with E-state index in [1.165, 1.54) is 0 Å². The standard InChI is InChI=1S/C5H8Cl2O2S/c6-4-3-5(1-2-5)10(7,8)9/h1-4H2. The Bertz CT molecular complexity index is 218. The van der Waals surface area contributed by atoms with Gasteiger partial charge in [0.15, 0.2) is 0 Å². The quantitative estimate of drug-likeness (QED) is 0.516. The van der Waals surface area contributed by atoms with Crippen molar-refractivity contribution < 1.29 is 8.42 Å². The van der Waals surface area contributed by atoms with Crippen LogP contribution in [0.1, 0.15) is 19.3 Å². The van der Waals surface area contributed by atoms with E-state index >= 15 is 0 Å². The Morgan fingerprint density at radius 2 is 1.90 bits per heavy atom. The molecule has 60 valence electrons. The van der Waals surface area contributed by atoms with Crippen LogP contribution in [0.4, 0.5) is 0 Å². The molecule has 0 radical (unpaired) electrons. The zero-order valence-electron chi connectivity index (χ0n) is 5.31. The first-order valence-corrected chi connectivity index (χ1v) is 5.86. The topological polar surface area (TPSA) is 34.1 Å². The summed E-state index contributed by atoms with van der Waals surface area (Å²) in [4.78, 5) is 0. The van der Waals surface area contributed by atoms with Gasteiger partial charge in [0, 0.05) is 16.6 Å². The summed E-state index contributed by atoms with van der Waals surface area (Å²) in [5, 5.41) is 0. The molecule has 0 N–H and O–H groups in total. The van der Waals surface area contributed by atoms with Crippen molar-refractivity contribution in [1.82, 2.24) is 0 Å². The Balaban J connectivity index is 2.71. The van der Waals surface area contributed by atoms with Crippen molar-refractivity contribution >= 4 is 31.3 Å². The molecule has 0 bridgehead atoms. The first-order chi connectivity index (χ1) is 4.52. The fourth-order valence-electron chi connectivity index (χ4n) is 0.927. The smallest absolute Gasteiger partial charge is 0.212 e. The van der Waals surface area contributed by atoms with Crippen molar-refractivity contribution in [3.63, 3.8) is 0 Å². The third-order valence-electron chi connectivity index (χ3n) is 1.88. The molecular formula is C5H8Cl2O2S. The van der Waals surface area contributed by atoms with Gasteiger partial charge in [-0.15, -0.1) is 11.6 Å². The molecule has 0 amide bonds. The first-order valence-electron chi connectivity index (χ1n) is 3.02. The maximum atomic E-state index is 10.8. The van der Waals surface area contributed by atoms with Crippen molar-refractivity contribution in [3.05, 3.63) is 0 Å². The largest absolute Gasteiger partial charge is 0.238 e. The Hall–Kier alpha value is 0.530. The number of rotatable bonds is 3. The van der Waals surface area contributed by atoms with Crippen LogP contribution in [0.15, 0.2) is 0 Å². The van der Waals surface area contributed by atoms with Crippen molar-refractivity contribution in [1.29, 1.82) is 0 Å². The summed E-state index contributed by atoms with van der Waals surface area (Å²) in [6.45, 7) is 0. The third-order valence-corrected chi connectivity index (χ3v) is 4.69. The lowest BCUT2D eigenvalue weighted by molar-refractivity contribution is 0.588. The van der Waals surface area contributed by atoms with Gasteiger partial charge in [-0.1, -0.05) is 0 Å². The van der Waals surface area contributed by atoms with Crippen LogP contribution in [0.2, 0.25) is 0 Å². The Morgan fingerprint density at radius 1 is 1.40 bits per heavy atom. The molecule has 0 aliphatic heterocycles. The van der Waals surface area contributed by atoms with Gasteiger partial charge in [0.25, 0.3) is 0 Å². The fourth-order valence-corrected chi connectivity index (χ4v) is 3.03. The summed E-state index contributed by atoms with van der Waals surface area (Å²) in [5.74, 6) is 0.367. The third kappa shape index (κ3) is 1.41. The van der Waals surface area contributed by atoms with Gasteiger partial charge >= 0.3 is 0 Å². The fraction of sp³-hybridized carbons (Fsp3) is 1.00. The van der Waals surface area contributed by atoms with Crippen molar-refractivity contribution in [2.45, 2.75) is 24.0 Å². The van der Waals surface area contributed by atoms with Crippen molar-refractivity contribution in [2.75, 3.05) is 5.88 Å². The molecule has 1 fully saturated rings. The number of hydrogen-bond donors (Lipinski definition) is 0. The molecule has 0 aromatic heterocycles. The van der Waals surface area contributed by atoms with Gasteiger partial charge in [-0.2, -0.15) is 0 Å². The molecule has 0 aromatic carbocycles. The van der Waals surface area contributed by atoms with Crippen molar-refractivity contribution in [2.24, 2.45) is 0 Å². The minimum absolute atomic E-state index is 0.367. The van der Waals surface area contributed by atoms with Crippen LogP contribution < -0.4 is 0 Å². The summed E-state index contributed by atoms with van der Waals surface area (Å²) in [6.07, 6.45) is 1.83. The van der Waals surface area contributed by atoms with Crippen LogP contribution in [0.3, 0.4) is 0 Å². The number of halogens is 2. The van der Waals surface area contributed by atoms with E-state index in [0.717, 1.165) is 0 Å². The summed E-state index contributed by atoms with van der Waals surface area (Å²) in [5.41, 5.74) is 0. The molecule has 0 spiro atoms. The van der Waals surface area contributed by atoms with Crippen LogP contribution >= 0.6 is 22.3 Å². The minimum Gasteiger partial charge on any atom is -0.212 e.